The van der Waals surface area contributed by atoms with E-state index in [-0.39, 0.29) is 0 Å². The molecule has 1 aromatic heterocycles. The molecule has 0 fully saturated rings. The number of aromatic nitrogens is 1. The molecule has 5 heteroatoms. The predicted octanol–water partition coefficient (Wildman–Crippen LogP) is 3.16. The second-order valence-electron chi connectivity index (χ2n) is 4.84. The van der Waals surface area contributed by atoms with Crippen LogP contribution in [0, 0.1) is 18.3 Å². The van der Waals surface area contributed by atoms with Gasteiger partial charge in [-0.15, -0.1) is 0 Å². The topological polar surface area (TPSA) is 50.0 Å². The fourth-order valence-electron chi connectivity index (χ4n) is 2.27. The highest BCUT2D eigenvalue weighted by Crippen LogP contribution is 2.26. The van der Waals surface area contributed by atoms with E-state index in [0.29, 0.717) is 23.8 Å². The monoisotopic (exact) mass is 303 g/mol. The molecule has 4 nitrogen and oxygen atoms in total. The van der Waals surface area contributed by atoms with E-state index in [1.807, 2.05) is 42.8 Å². The number of ether oxygens (including phenoxy) is 1. The average molecular weight is 304 g/mol. The summed E-state index contributed by atoms with van der Waals surface area (Å²) >= 11 is 6.21. The van der Waals surface area contributed by atoms with Crippen molar-refractivity contribution in [1.29, 1.82) is 5.26 Å². The van der Waals surface area contributed by atoms with Gasteiger partial charge in [0.1, 0.15) is 17.5 Å². The molecule has 110 valence electrons. The number of methoxy groups -OCH3 is 1. The van der Waals surface area contributed by atoms with Crippen molar-refractivity contribution in [2.75, 3.05) is 7.11 Å². The van der Waals surface area contributed by atoms with Crippen molar-refractivity contribution in [3.05, 3.63) is 51.8 Å². The third-order valence-corrected chi connectivity index (χ3v) is 4.02. The molecule has 0 unspecified atom stereocenters. The Morgan fingerprint density at radius 2 is 2.14 bits per heavy atom. The van der Waals surface area contributed by atoms with Gasteiger partial charge in [0.25, 0.3) is 0 Å². The lowest BCUT2D eigenvalue weighted by Gasteiger charge is -2.11. The van der Waals surface area contributed by atoms with Crippen molar-refractivity contribution in [1.82, 2.24) is 9.88 Å². The lowest BCUT2D eigenvalue weighted by atomic mass is 10.2. The van der Waals surface area contributed by atoms with Gasteiger partial charge in [0.05, 0.1) is 7.11 Å². The number of halogens is 1. The van der Waals surface area contributed by atoms with Crippen molar-refractivity contribution in [2.45, 2.75) is 20.0 Å². The molecule has 0 saturated carbocycles. The van der Waals surface area contributed by atoms with Gasteiger partial charge in [-0.05, 0) is 30.7 Å². The molecule has 0 amide bonds. The highest BCUT2D eigenvalue weighted by Gasteiger charge is 2.10. The Morgan fingerprint density at radius 3 is 2.76 bits per heavy atom. The first kappa shape index (κ1) is 15.4. The minimum Gasteiger partial charge on any atom is -0.496 e. The van der Waals surface area contributed by atoms with Crippen LogP contribution in [0.3, 0.4) is 0 Å². The van der Waals surface area contributed by atoms with Crippen molar-refractivity contribution in [3.8, 4) is 11.8 Å². The molecule has 0 aliphatic rings. The summed E-state index contributed by atoms with van der Waals surface area (Å²) in [4.78, 5) is 0. The normalized spacial score (nSPS) is 10.4. The lowest BCUT2D eigenvalue weighted by molar-refractivity contribution is 0.407. The highest BCUT2D eigenvalue weighted by atomic mass is 35.5. The molecule has 0 saturated heterocycles. The van der Waals surface area contributed by atoms with Crippen LogP contribution in [-0.4, -0.2) is 11.7 Å². The Kier molecular flexibility index (Phi) is 4.89. The smallest absolute Gasteiger partial charge is 0.124 e. The standard InChI is InChI=1S/C16H18ClN3O/c1-11-12(7-13(8-18)20(11)2)9-19-10-14-15(17)5-4-6-16(14)21-3/h4-7,19H,9-10H2,1-3H3. The van der Waals surface area contributed by atoms with Crippen LogP contribution in [0.15, 0.2) is 24.3 Å². The van der Waals surface area contributed by atoms with Crippen LogP contribution >= 0.6 is 11.6 Å². The van der Waals surface area contributed by atoms with Gasteiger partial charge in [-0.3, -0.25) is 0 Å². The SMILES string of the molecule is COc1cccc(Cl)c1CNCc1cc(C#N)n(C)c1C. The third-order valence-electron chi connectivity index (χ3n) is 3.67. The van der Waals surface area contributed by atoms with Gasteiger partial charge in [-0.25, -0.2) is 0 Å². The van der Waals surface area contributed by atoms with Gasteiger partial charge >= 0.3 is 0 Å². The molecule has 0 aliphatic carbocycles. The minimum absolute atomic E-state index is 0.610. The fraction of sp³-hybridized carbons (Fsp3) is 0.312. The number of benzene rings is 1. The Labute approximate surface area is 129 Å². The van der Waals surface area contributed by atoms with Crippen molar-refractivity contribution in [3.63, 3.8) is 0 Å². The van der Waals surface area contributed by atoms with Crippen LogP contribution in [0.25, 0.3) is 0 Å². The summed E-state index contributed by atoms with van der Waals surface area (Å²) in [6.45, 7) is 3.29. The molecule has 2 rings (SSSR count). The van der Waals surface area contributed by atoms with Gasteiger partial charge in [-0.1, -0.05) is 17.7 Å². The van der Waals surface area contributed by atoms with Gasteiger partial charge in [0.15, 0.2) is 0 Å². The third kappa shape index (κ3) is 3.21. The number of rotatable bonds is 5. The van der Waals surface area contributed by atoms with Crippen LogP contribution in [0.4, 0.5) is 0 Å². The van der Waals surface area contributed by atoms with Crippen molar-refractivity contribution >= 4 is 11.6 Å². The zero-order valence-electron chi connectivity index (χ0n) is 12.4. The largest absolute Gasteiger partial charge is 0.496 e. The summed E-state index contributed by atoms with van der Waals surface area (Å²) in [7, 11) is 3.53. The molecule has 0 aliphatic heterocycles. The molecule has 1 heterocycles. The number of hydrogen-bond donors (Lipinski definition) is 1. The van der Waals surface area contributed by atoms with Crippen molar-refractivity contribution in [2.24, 2.45) is 7.05 Å². The molecule has 21 heavy (non-hydrogen) atoms. The fourth-order valence-corrected chi connectivity index (χ4v) is 2.51. The number of nitrogens with one attached hydrogen (secondary N) is 1. The quantitative estimate of drug-likeness (QED) is 0.923. The molecular weight excluding hydrogens is 286 g/mol. The molecule has 2 aromatic rings. The predicted molar refractivity (Wildman–Crippen MR) is 83.4 cm³/mol. The number of nitriles is 1. The summed E-state index contributed by atoms with van der Waals surface area (Å²) in [5, 5.41) is 13.1. The molecule has 1 N–H and O–H groups in total. The van der Waals surface area contributed by atoms with E-state index in [2.05, 4.69) is 11.4 Å². The van der Waals surface area contributed by atoms with Crippen LogP contribution in [0.1, 0.15) is 22.5 Å². The summed E-state index contributed by atoms with van der Waals surface area (Å²) in [5.41, 5.74) is 3.81. The number of hydrogen-bond acceptors (Lipinski definition) is 3. The highest BCUT2D eigenvalue weighted by molar-refractivity contribution is 6.31. The van der Waals surface area contributed by atoms with Crippen LogP contribution < -0.4 is 10.1 Å². The van der Waals surface area contributed by atoms with Gasteiger partial charge < -0.3 is 14.6 Å². The molecule has 0 bridgehead atoms. The molecule has 0 spiro atoms. The first-order valence-corrected chi connectivity index (χ1v) is 7.03. The maximum atomic E-state index is 9.04. The maximum absolute atomic E-state index is 9.04. The van der Waals surface area contributed by atoms with Gasteiger partial charge in [-0.2, -0.15) is 5.26 Å². The lowest BCUT2D eigenvalue weighted by Crippen LogP contribution is -2.14. The van der Waals surface area contributed by atoms with E-state index in [0.717, 1.165) is 22.6 Å². The zero-order chi connectivity index (χ0) is 15.4. The maximum Gasteiger partial charge on any atom is 0.124 e. The minimum atomic E-state index is 0.610. The first-order chi connectivity index (χ1) is 10.1. The average Bonchev–Trinajstić information content (AvgIpc) is 2.76. The zero-order valence-corrected chi connectivity index (χ0v) is 13.2. The van der Waals surface area contributed by atoms with E-state index >= 15 is 0 Å². The number of nitrogens with zero attached hydrogens (tertiary/aromatic N) is 2. The Bertz CT molecular complexity index is 686. The van der Waals surface area contributed by atoms with Crippen LogP contribution in [0.5, 0.6) is 5.75 Å². The summed E-state index contributed by atoms with van der Waals surface area (Å²) in [5.74, 6) is 0.775. The van der Waals surface area contributed by atoms with E-state index in [1.54, 1.807) is 7.11 Å². The van der Waals surface area contributed by atoms with E-state index in [1.165, 1.54) is 0 Å². The molecule has 0 atom stereocenters. The first-order valence-electron chi connectivity index (χ1n) is 6.65. The summed E-state index contributed by atoms with van der Waals surface area (Å²) in [6.07, 6.45) is 0. The van der Waals surface area contributed by atoms with Crippen LogP contribution in [0.2, 0.25) is 5.02 Å². The molecule has 0 radical (unpaired) electrons. The molecular formula is C16H18ClN3O. The van der Waals surface area contributed by atoms with Gasteiger partial charge in [0, 0.05) is 36.4 Å². The second-order valence-corrected chi connectivity index (χ2v) is 5.24. The summed E-state index contributed by atoms with van der Waals surface area (Å²) < 4.78 is 7.22. The van der Waals surface area contributed by atoms with E-state index < -0.39 is 0 Å². The van der Waals surface area contributed by atoms with Crippen molar-refractivity contribution < 1.29 is 4.74 Å². The second kappa shape index (κ2) is 6.66. The van der Waals surface area contributed by atoms with Crippen LogP contribution in [-0.2, 0) is 20.1 Å². The summed E-state index contributed by atoms with van der Waals surface area (Å²) in [6, 6.07) is 9.70. The Morgan fingerprint density at radius 1 is 1.38 bits per heavy atom. The van der Waals surface area contributed by atoms with Gasteiger partial charge in [0.2, 0.25) is 0 Å². The Balaban J connectivity index is 2.08. The van der Waals surface area contributed by atoms with E-state index in [9.17, 15) is 0 Å². The Hall–Kier alpha value is -1.96. The molecule has 1 aromatic carbocycles. The van der Waals surface area contributed by atoms with E-state index in [4.69, 9.17) is 21.6 Å².